The molecule has 0 saturated carbocycles. The molecule has 0 unspecified atom stereocenters. The number of nitrogens with zero attached hydrogens (tertiary/aromatic N) is 3. The van der Waals surface area contributed by atoms with Crippen molar-refractivity contribution < 1.29 is 9.18 Å². The lowest BCUT2D eigenvalue weighted by Crippen LogP contribution is -2.32. The molecule has 7 heteroatoms. The Morgan fingerprint density at radius 1 is 1.41 bits per heavy atom. The molecule has 0 spiro atoms. The molecule has 1 aromatic carbocycles. The largest absolute Gasteiger partial charge is 0.322 e. The summed E-state index contributed by atoms with van der Waals surface area (Å²) in [5.41, 5.74) is 0.290. The SMILES string of the molecule is Cc1nn(CC(=O)Nc2ccccc2F)c(=O)c(C#N)c1C. The van der Waals surface area contributed by atoms with Crippen molar-refractivity contribution in [1.29, 1.82) is 5.26 Å². The van der Waals surface area contributed by atoms with E-state index in [1.165, 1.54) is 18.2 Å². The van der Waals surface area contributed by atoms with Crippen LogP contribution in [0.3, 0.4) is 0 Å². The minimum Gasteiger partial charge on any atom is -0.322 e. The molecule has 0 saturated heterocycles. The van der Waals surface area contributed by atoms with E-state index in [1.54, 1.807) is 19.9 Å². The van der Waals surface area contributed by atoms with E-state index in [-0.39, 0.29) is 11.3 Å². The van der Waals surface area contributed by atoms with Crippen LogP contribution in [0.25, 0.3) is 0 Å². The minimum atomic E-state index is -0.644. The third-order valence-electron chi connectivity index (χ3n) is 3.19. The number of nitrogens with one attached hydrogen (secondary N) is 1. The lowest BCUT2D eigenvalue weighted by Gasteiger charge is -2.10. The predicted molar refractivity (Wildman–Crippen MR) is 77.7 cm³/mol. The number of anilines is 1. The summed E-state index contributed by atoms with van der Waals surface area (Å²) in [6.45, 7) is 2.86. The molecular formula is C15H13FN4O2. The summed E-state index contributed by atoms with van der Waals surface area (Å²) in [5, 5.41) is 15.4. The standard InChI is InChI=1S/C15H13FN4O2/c1-9-10(2)19-20(15(22)11(9)7-17)8-14(21)18-13-6-4-3-5-12(13)16/h3-6H,8H2,1-2H3,(H,18,21). The van der Waals surface area contributed by atoms with Crippen LogP contribution >= 0.6 is 0 Å². The predicted octanol–water partition coefficient (Wildman–Crippen LogP) is 1.51. The van der Waals surface area contributed by atoms with Gasteiger partial charge in [-0.15, -0.1) is 0 Å². The first kappa shape index (κ1) is 15.4. The van der Waals surface area contributed by atoms with Crippen molar-refractivity contribution in [2.24, 2.45) is 0 Å². The van der Waals surface area contributed by atoms with Crippen molar-refractivity contribution in [3.63, 3.8) is 0 Å². The Bertz CT molecular complexity index is 836. The second kappa shape index (κ2) is 6.18. The van der Waals surface area contributed by atoms with Gasteiger partial charge in [0, 0.05) is 0 Å². The van der Waals surface area contributed by atoms with E-state index >= 15 is 0 Å². The molecule has 22 heavy (non-hydrogen) atoms. The first-order chi connectivity index (χ1) is 10.4. The number of para-hydroxylation sites is 1. The summed E-state index contributed by atoms with van der Waals surface area (Å²) in [5.74, 6) is -1.18. The van der Waals surface area contributed by atoms with Crippen molar-refractivity contribution in [2.45, 2.75) is 20.4 Å². The summed E-state index contributed by atoms with van der Waals surface area (Å²) in [6, 6.07) is 7.51. The van der Waals surface area contributed by atoms with Crippen molar-refractivity contribution in [3.05, 3.63) is 57.3 Å². The molecule has 6 nitrogen and oxygen atoms in total. The van der Waals surface area contributed by atoms with Crippen LogP contribution in [-0.2, 0) is 11.3 Å². The molecule has 0 aliphatic carbocycles. The van der Waals surface area contributed by atoms with Crippen LogP contribution in [0.5, 0.6) is 0 Å². The Labute approximate surface area is 125 Å². The maximum atomic E-state index is 13.5. The number of nitriles is 1. The molecule has 2 rings (SSSR count). The van der Waals surface area contributed by atoms with Gasteiger partial charge < -0.3 is 5.32 Å². The maximum Gasteiger partial charge on any atom is 0.285 e. The highest BCUT2D eigenvalue weighted by Gasteiger charge is 2.14. The van der Waals surface area contributed by atoms with E-state index in [0.717, 1.165) is 4.68 Å². The van der Waals surface area contributed by atoms with Gasteiger partial charge in [0.1, 0.15) is 24.0 Å². The van der Waals surface area contributed by atoms with Gasteiger partial charge >= 0.3 is 0 Å². The molecular weight excluding hydrogens is 287 g/mol. The number of aromatic nitrogens is 2. The summed E-state index contributed by atoms with van der Waals surface area (Å²) in [7, 11) is 0. The average molecular weight is 300 g/mol. The fraction of sp³-hybridized carbons (Fsp3) is 0.200. The minimum absolute atomic E-state index is 0.0184. The first-order valence-electron chi connectivity index (χ1n) is 6.47. The monoisotopic (exact) mass is 300 g/mol. The fourth-order valence-corrected chi connectivity index (χ4v) is 1.90. The van der Waals surface area contributed by atoms with Crippen LogP contribution in [0, 0.1) is 31.0 Å². The highest BCUT2D eigenvalue weighted by molar-refractivity contribution is 5.90. The molecule has 0 bridgehead atoms. The number of rotatable bonds is 3. The summed E-state index contributed by atoms with van der Waals surface area (Å²) in [6.07, 6.45) is 0. The second-order valence-corrected chi connectivity index (χ2v) is 4.69. The third kappa shape index (κ3) is 3.01. The number of hydrogen-bond donors (Lipinski definition) is 1. The highest BCUT2D eigenvalue weighted by Crippen LogP contribution is 2.12. The second-order valence-electron chi connectivity index (χ2n) is 4.69. The van der Waals surface area contributed by atoms with Crippen LogP contribution in [0.2, 0.25) is 0 Å². The van der Waals surface area contributed by atoms with Gasteiger partial charge in [-0.25, -0.2) is 9.07 Å². The van der Waals surface area contributed by atoms with Gasteiger partial charge in [0.15, 0.2) is 0 Å². The van der Waals surface area contributed by atoms with Gasteiger partial charge in [-0.3, -0.25) is 9.59 Å². The van der Waals surface area contributed by atoms with Gasteiger partial charge in [-0.1, -0.05) is 12.1 Å². The number of amides is 1. The molecule has 2 aromatic rings. The van der Waals surface area contributed by atoms with Crippen LogP contribution in [-0.4, -0.2) is 15.7 Å². The Morgan fingerprint density at radius 3 is 2.73 bits per heavy atom. The van der Waals surface area contributed by atoms with Gasteiger partial charge in [0.25, 0.3) is 5.56 Å². The van der Waals surface area contributed by atoms with E-state index in [0.29, 0.717) is 11.3 Å². The fourth-order valence-electron chi connectivity index (χ4n) is 1.90. The average Bonchev–Trinajstić information content (AvgIpc) is 2.48. The summed E-state index contributed by atoms with van der Waals surface area (Å²) >= 11 is 0. The zero-order valence-corrected chi connectivity index (χ0v) is 12.1. The van der Waals surface area contributed by atoms with E-state index in [9.17, 15) is 14.0 Å². The van der Waals surface area contributed by atoms with E-state index in [4.69, 9.17) is 5.26 Å². The Balaban J connectivity index is 2.27. The van der Waals surface area contributed by atoms with Gasteiger partial charge in [0.05, 0.1) is 11.4 Å². The Hall–Kier alpha value is -3.01. The summed E-state index contributed by atoms with van der Waals surface area (Å²) in [4.78, 5) is 24.0. The van der Waals surface area contributed by atoms with Crippen LogP contribution in [0.1, 0.15) is 16.8 Å². The Kier molecular flexibility index (Phi) is 4.32. The molecule has 112 valence electrons. The number of carbonyl (C=O) groups is 1. The van der Waals surface area contributed by atoms with Crippen molar-refractivity contribution in [2.75, 3.05) is 5.32 Å². The van der Waals surface area contributed by atoms with Crippen LogP contribution in [0.4, 0.5) is 10.1 Å². The smallest absolute Gasteiger partial charge is 0.285 e. The molecule has 0 fully saturated rings. The molecule has 0 atom stereocenters. The first-order valence-corrected chi connectivity index (χ1v) is 6.47. The van der Waals surface area contributed by atoms with E-state index < -0.39 is 23.8 Å². The molecule has 1 N–H and O–H groups in total. The Morgan fingerprint density at radius 2 is 2.09 bits per heavy atom. The highest BCUT2D eigenvalue weighted by atomic mass is 19.1. The number of halogens is 1. The quantitative estimate of drug-likeness (QED) is 0.930. The van der Waals surface area contributed by atoms with Crippen molar-refractivity contribution in [3.8, 4) is 6.07 Å². The molecule has 0 radical (unpaired) electrons. The van der Waals surface area contributed by atoms with E-state index in [1.807, 2.05) is 6.07 Å². The van der Waals surface area contributed by atoms with Crippen LogP contribution in [0.15, 0.2) is 29.1 Å². The number of carbonyl (C=O) groups excluding carboxylic acids is 1. The van der Waals surface area contributed by atoms with Crippen LogP contribution < -0.4 is 10.9 Å². The number of benzene rings is 1. The molecule has 0 aliphatic heterocycles. The van der Waals surface area contributed by atoms with Gasteiger partial charge in [-0.05, 0) is 31.5 Å². The molecule has 1 aromatic heterocycles. The third-order valence-corrected chi connectivity index (χ3v) is 3.19. The number of aryl methyl sites for hydroxylation is 1. The van der Waals surface area contributed by atoms with Crippen molar-refractivity contribution >= 4 is 11.6 Å². The zero-order valence-electron chi connectivity index (χ0n) is 12.1. The molecule has 1 amide bonds. The molecule has 1 heterocycles. The lowest BCUT2D eigenvalue weighted by atomic mass is 10.1. The normalized spacial score (nSPS) is 10.1. The lowest BCUT2D eigenvalue weighted by molar-refractivity contribution is -0.117. The topological polar surface area (TPSA) is 87.8 Å². The maximum absolute atomic E-state index is 13.5. The van der Waals surface area contributed by atoms with Gasteiger partial charge in [0.2, 0.25) is 5.91 Å². The van der Waals surface area contributed by atoms with Gasteiger partial charge in [-0.2, -0.15) is 10.4 Å². The van der Waals surface area contributed by atoms with E-state index in [2.05, 4.69) is 10.4 Å². The molecule has 0 aliphatic rings. The van der Waals surface area contributed by atoms with Crippen molar-refractivity contribution in [1.82, 2.24) is 9.78 Å². The zero-order chi connectivity index (χ0) is 16.3. The number of hydrogen-bond acceptors (Lipinski definition) is 4. The summed E-state index contributed by atoms with van der Waals surface area (Å²) < 4.78 is 14.4.